The molecule has 4 heteroatoms. The molecule has 15 heavy (non-hydrogen) atoms. The van der Waals surface area contributed by atoms with Gasteiger partial charge >= 0.3 is 0 Å². The minimum absolute atomic E-state index is 0.579. The fourth-order valence-electron chi connectivity index (χ4n) is 2.05. The van der Waals surface area contributed by atoms with E-state index in [1.165, 1.54) is 22.8 Å². The van der Waals surface area contributed by atoms with Crippen LogP contribution < -0.4 is 10.6 Å². The van der Waals surface area contributed by atoms with Gasteiger partial charge in [0.05, 0.1) is 0 Å². The van der Waals surface area contributed by atoms with Crippen LogP contribution in [0.1, 0.15) is 19.3 Å². The van der Waals surface area contributed by atoms with Gasteiger partial charge in [-0.1, -0.05) is 0 Å². The maximum atomic E-state index is 4.35. The second kappa shape index (κ2) is 5.12. The Labute approximate surface area is 104 Å². The van der Waals surface area contributed by atoms with Gasteiger partial charge in [0.25, 0.3) is 0 Å². The number of nitrogens with one attached hydrogen (secondary N) is 2. The van der Waals surface area contributed by atoms with Gasteiger partial charge in [-0.05, 0) is 61.0 Å². The molecule has 0 radical (unpaired) electrons. The molecule has 0 bridgehead atoms. The van der Waals surface area contributed by atoms with Gasteiger partial charge in [-0.15, -0.1) is 0 Å². The van der Waals surface area contributed by atoms with Crippen molar-refractivity contribution < 1.29 is 0 Å². The second-order valence-corrected chi connectivity index (χ2v) is 5.25. The SMILES string of the molecule is CNC1CCC(Nc2ccc(I)cn2)C1. The van der Waals surface area contributed by atoms with Crippen LogP contribution in [0.25, 0.3) is 0 Å². The molecule has 1 aliphatic carbocycles. The van der Waals surface area contributed by atoms with E-state index in [1.54, 1.807) is 0 Å². The third kappa shape index (κ3) is 3.04. The molecule has 1 aliphatic rings. The van der Waals surface area contributed by atoms with Crippen LogP contribution in [0.2, 0.25) is 0 Å². The van der Waals surface area contributed by atoms with Crippen molar-refractivity contribution in [1.82, 2.24) is 10.3 Å². The second-order valence-electron chi connectivity index (χ2n) is 4.00. The number of rotatable bonds is 3. The quantitative estimate of drug-likeness (QED) is 0.840. The van der Waals surface area contributed by atoms with E-state index in [2.05, 4.69) is 50.3 Å². The Kier molecular flexibility index (Phi) is 3.80. The zero-order valence-corrected chi connectivity index (χ0v) is 11.0. The molecule has 2 atom stereocenters. The smallest absolute Gasteiger partial charge is 0.126 e. The summed E-state index contributed by atoms with van der Waals surface area (Å²) in [5.74, 6) is 0.997. The molecule has 1 saturated carbocycles. The van der Waals surface area contributed by atoms with Gasteiger partial charge in [0.1, 0.15) is 5.82 Å². The Bertz CT molecular complexity index is 312. The molecule has 1 heterocycles. The molecule has 0 saturated heterocycles. The molecule has 0 aliphatic heterocycles. The standard InChI is InChI=1S/C11H16IN3/c1-13-9-3-4-10(6-9)15-11-5-2-8(12)7-14-11/h2,5,7,9-10,13H,3-4,6H2,1H3,(H,14,15). The van der Waals surface area contributed by atoms with Crippen molar-refractivity contribution in [3.05, 3.63) is 21.9 Å². The summed E-state index contributed by atoms with van der Waals surface area (Å²) in [4.78, 5) is 4.35. The number of halogens is 1. The lowest BCUT2D eigenvalue weighted by Crippen LogP contribution is -2.24. The lowest BCUT2D eigenvalue weighted by Gasteiger charge is -2.13. The molecule has 2 rings (SSSR count). The Balaban J connectivity index is 1.90. The van der Waals surface area contributed by atoms with E-state index in [0.717, 1.165) is 5.82 Å². The molecule has 2 unspecified atom stereocenters. The summed E-state index contributed by atoms with van der Waals surface area (Å²) in [7, 11) is 2.04. The van der Waals surface area contributed by atoms with Crippen LogP contribution in [-0.2, 0) is 0 Å². The van der Waals surface area contributed by atoms with Crippen molar-refractivity contribution in [2.24, 2.45) is 0 Å². The molecule has 3 nitrogen and oxygen atoms in total. The van der Waals surface area contributed by atoms with Crippen LogP contribution in [0.3, 0.4) is 0 Å². The van der Waals surface area contributed by atoms with Crippen molar-refractivity contribution >= 4 is 28.4 Å². The largest absolute Gasteiger partial charge is 0.367 e. The van der Waals surface area contributed by atoms with Gasteiger partial charge in [-0.2, -0.15) is 0 Å². The number of pyridine rings is 1. The summed E-state index contributed by atoms with van der Waals surface area (Å²) in [6.07, 6.45) is 5.59. The molecule has 0 aromatic carbocycles. The molecule has 0 amide bonds. The minimum Gasteiger partial charge on any atom is -0.367 e. The maximum Gasteiger partial charge on any atom is 0.126 e. The first-order valence-corrected chi connectivity index (χ1v) is 6.41. The van der Waals surface area contributed by atoms with Crippen LogP contribution in [-0.4, -0.2) is 24.1 Å². The zero-order valence-electron chi connectivity index (χ0n) is 8.83. The highest BCUT2D eigenvalue weighted by Crippen LogP contribution is 2.22. The predicted octanol–water partition coefficient (Wildman–Crippen LogP) is 2.24. The number of aromatic nitrogens is 1. The molecule has 1 aromatic rings. The third-order valence-electron chi connectivity index (χ3n) is 2.92. The first kappa shape index (κ1) is 11.1. The zero-order chi connectivity index (χ0) is 10.7. The first-order chi connectivity index (χ1) is 7.28. The van der Waals surface area contributed by atoms with Crippen LogP contribution >= 0.6 is 22.6 Å². The summed E-state index contributed by atoms with van der Waals surface area (Å²) >= 11 is 2.27. The molecule has 1 fully saturated rings. The minimum atomic E-state index is 0.579. The monoisotopic (exact) mass is 317 g/mol. The normalized spacial score (nSPS) is 25.5. The molecule has 1 aromatic heterocycles. The number of anilines is 1. The van der Waals surface area contributed by atoms with Crippen molar-refractivity contribution in [1.29, 1.82) is 0 Å². The van der Waals surface area contributed by atoms with E-state index >= 15 is 0 Å². The lowest BCUT2D eigenvalue weighted by atomic mass is 10.2. The van der Waals surface area contributed by atoms with E-state index in [-0.39, 0.29) is 0 Å². The van der Waals surface area contributed by atoms with Crippen LogP contribution in [0.15, 0.2) is 18.3 Å². The molecule has 82 valence electrons. The molecular weight excluding hydrogens is 301 g/mol. The topological polar surface area (TPSA) is 37.0 Å². The van der Waals surface area contributed by atoms with Crippen LogP contribution in [0, 0.1) is 3.57 Å². The number of hydrogen-bond donors (Lipinski definition) is 2. The highest BCUT2D eigenvalue weighted by Gasteiger charge is 2.23. The van der Waals surface area contributed by atoms with Gasteiger partial charge < -0.3 is 10.6 Å². The predicted molar refractivity (Wildman–Crippen MR) is 71.1 cm³/mol. The number of hydrogen-bond acceptors (Lipinski definition) is 3. The van der Waals surface area contributed by atoms with E-state index in [1.807, 2.05) is 13.2 Å². The van der Waals surface area contributed by atoms with Gasteiger partial charge in [0.15, 0.2) is 0 Å². The van der Waals surface area contributed by atoms with Gasteiger partial charge in [0.2, 0.25) is 0 Å². The van der Waals surface area contributed by atoms with Crippen molar-refractivity contribution in [3.63, 3.8) is 0 Å². The van der Waals surface area contributed by atoms with E-state index < -0.39 is 0 Å². The Hall–Kier alpha value is -0.360. The average Bonchev–Trinajstić information content (AvgIpc) is 2.69. The molecule has 0 spiro atoms. The van der Waals surface area contributed by atoms with Crippen LogP contribution in [0.4, 0.5) is 5.82 Å². The van der Waals surface area contributed by atoms with Gasteiger partial charge in [-0.3, -0.25) is 0 Å². The van der Waals surface area contributed by atoms with E-state index in [0.29, 0.717) is 12.1 Å². The highest BCUT2D eigenvalue weighted by molar-refractivity contribution is 14.1. The van der Waals surface area contributed by atoms with E-state index in [9.17, 15) is 0 Å². The van der Waals surface area contributed by atoms with Crippen molar-refractivity contribution in [2.75, 3.05) is 12.4 Å². The molecular formula is C11H16IN3. The lowest BCUT2D eigenvalue weighted by molar-refractivity contribution is 0.575. The van der Waals surface area contributed by atoms with Gasteiger partial charge in [0, 0.05) is 21.9 Å². The van der Waals surface area contributed by atoms with Gasteiger partial charge in [-0.25, -0.2) is 4.98 Å². The van der Waals surface area contributed by atoms with Crippen molar-refractivity contribution in [2.45, 2.75) is 31.3 Å². The number of nitrogens with zero attached hydrogens (tertiary/aromatic N) is 1. The van der Waals surface area contributed by atoms with Crippen LogP contribution in [0.5, 0.6) is 0 Å². The summed E-state index contributed by atoms with van der Waals surface area (Å²) in [6.45, 7) is 0. The summed E-state index contributed by atoms with van der Waals surface area (Å²) in [5, 5.41) is 6.81. The fourth-order valence-corrected chi connectivity index (χ4v) is 2.36. The summed E-state index contributed by atoms with van der Waals surface area (Å²) in [6, 6.07) is 5.39. The Morgan fingerprint density at radius 3 is 2.73 bits per heavy atom. The Morgan fingerprint density at radius 2 is 2.13 bits per heavy atom. The van der Waals surface area contributed by atoms with E-state index in [4.69, 9.17) is 0 Å². The third-order valence-corrected chi connectivity index (χ3v) is 3.56. The maximum absolute atomic E-state index is 4.35. The Morgan fingerprint density at radius 1 is 1.33 bits per heavy atom. The first-order valence-electron chi connectivity index (χ1n) is 5.33. The summed E-state index contributed by atoms with van der Waals surface area (Å²) in [5.41, 5.74) is 0. The fraction of sp³-hybridized carbons (Fsp3) is 0.545. The highest BCUT2D eigenvalue weighted by atomic mass is 127. The van der Waals surface area contributed by atoms with Crippen molar-refractivity contribution in [3.8, 4) is 0 Å². The molecule has 2 N–H and O–H groups in total. The summed E-state index contributed by atoms with van der Waals surface area (Å²) < 4.78 is 1.18. The average molecular weight is 317 g/mol.